The maximum absolute atomic E-state index is 6.02. The summed E-state index contributed by atoms with van der Waals surface area (Å²) in [6, 6.07) is 0. The lowest BCUT2D eigenvalue weighted by Gasteiger charge is -2.90. The topological polar surface area (TPSA) is 9.23 Å². The molecule has 64 valence electrons. The molecule has 6 saturated carbocycles. The van der Waals surface area contributed by atoms with Crippen molar-refractivity contribution >= 4 is 0 Å². The minimum absolute atomic E-state index is 0.502. The van der Waals surface area contributed by atoms with Crippen LogP contribution >= 0.6 is 0 Å². The van der Waals surface area contributed by atoms with Crippen LogP contribution in [-0.2, 0) is 4.74 Å². The summed E-state index contributed by atoms with van der Waals surface area (Å²) in [6.07, 6.45) is 1.59. The Morgan fingerprint density at radius 1 is 1.17 bits per heavy atom. The van der Waals surface area contributed by atoms with Gasteiger partial charge in [-0.2, -0.15) is 0 Å². The Labute approximate surface area is 72.5 Å². The van der Waals surface area contributed by atoms with Gasteiger partial charge in [0, 0.05) is 6.61 Å². The van der Waals surface area contributed by atoms with Crippen molar-refractivity contribution in [3.8, 4) is 0 Å². The van der Waals surface area contributed by atoms with Crippen molar-refractivity contribution in [1.82, 2.24) is 0 Å². The molecule has 1 nitrogen and oxygen atoms in total. The highest BCUT2D eigenvalue weighted by Crippen LogP contribution is 2.96. The van der Waals surface area contributed by atoms with Gasteiger partial charge in [-0.3, -0.25) is 0 Å². The third kappa shape index (κ3) is 0.238. The molecule has 0 amide bonds. The molecule has 0 saturated heterocycles. The van der Waals surface area contributed by atoms with Gasteiger partial charge in [-0.1, -0.05) is 0 Å². The van der Waals surface area contributed by atoms with Crippen LogP contribution in [0, 0.1) is 41.4 Å². The average Bonchev–Trinajstić information content (AvgIpc) is 2.33. The van der Waals surface area contributed by atoms with Gasteiger partial charge in [-0.25, -0.2) is 0 Å². The Morgan fingerprint density at radius 3 is 2.50 bits per heavy atom. The van der Waals surface area contributed by atoms with Gasteiger partial charge >= 0.3 is 0 Å². The zero-order valence-corrected chi connectivity index (χ0v) is 7.36. The lowest BCUT2D eigenvalue weighted by molar-refractivity contribution is -0.479. The van der Waals surface area contributed by atoms with E-state index >= 15 is 0 Å². The van der Waals surface area contributed by atoms with Crippen LogP contribution in [0.15, 0.2) is 0 Å². The molecular formula is C11H14O. The highest BCUT2D eigenvalue weighted by Gasteiger charge is 2.98. The standard InChI is InChI=1S/C11H14O/c1-2-12-11-8-5-3-4-6(8)10(11)7(4)9(5)11/h4-10H,2-3H2,1H3/t4?,5?,6-,7+,8-,9-,10?,11?/m1/s1. The monoisotopic (exact) mass is 162 g/mol. The molecule has 0 N–H and O–H groups in total. The fourth-order valence-corrected chi connectivity index (χ4v) is 6.32. The fraction of sp³-hybridized carbons (Fsp3) is 1.00. The third-order valence-electron chi connectivity index (χ3n) is 6.07. The Hall–Kier alpha value is -0.0400. The molecule has 2 bridgehead atoms. The van der Waals surface area contributed by atoms with Crippen molar-refractivity contribution < 1.29 is 4.74 Å². The maximum Gasteiger partial charge on any atom is 0.0783 e. The smallest absolute Gasteiger partial charge is 0.0783 e. The Morgan fingerprint density at radius 2 is 1.92 bits per heavy atom. The van der Waals surface area contributed by atoms with Crippen molar-refractivity contribution in [3.63, 3.8) is 0 Å². The molecule has 6 rings (SSSR count). The molecule has 12 heavy (non-hydrogen) atoms. The van der Waals surface area contributed by atoms with E-state index in [0.717, 1.165) is 42.1 Å². The van der Waals surface area contributed by atoms with Gasteiger partial charge in [0.25, 0.3) is 0 Å². The minimum Gasteiger partial charge on any atom is -0.374 e. The molecule has 0 aromatic rings. The number of rotatable bonds is 2. The van der Waals surface area contributed by atoms with E-state index in [-0.39, 0.29) is 0 Å². The van der Waals surface area contributed by atoms with Crippen molar-refractivity contribution in [1.29, 1.82) is 0 Å². The number of hydrogen-bond acceptors (Lipinski definition) is 1. The van der Waals surface area contributed by atoms with E-state index in [1.807, 2.05) is 0 Å². The molecule has 8 atom stereocenters. The van der Waals surface area contributed by atoms with E-state index in [1.54, 1.807) is 6.42 Å². The van der Waals surface area contributed by atoms with Gasteiger partial charge in [0.15, 0.2) is 0 Å². The summed E-state index contributed by atoms with van der Waals surface area (Å²) in [4.78, 5) is 0. The summed E-state index contributed by atoms with van der Waals surface area (Å²) in [5.41, 5.74) is 0.502. The Bertz CT molecular complexity index is 273. The summed E-state index contributed by atoms with van der Waals surface area (Å²) in [5.74, 6) is 7.84. The second-order valence-electron chi connectivity index (χ2n) is 5.58. The highest BCUT2D eigenvalue weighted by atomic mass is 16.5. The summed E-state index contributed by atoms with van der Waals surface area (Å²) in [5, 5.41) is 0. The van der Waals surface area contributed by atoms with E-state index in [0.29, 0.717) is 5.60 Å². The summed E-state index contributed by atoms with van der Waals surface area (Å²) in [6.45, 7) is 3.12. The molecule has 1 heteroatoms. The lowest BCUT2D eigenvalue weighted by Crippen LogP contribution is -2.93. The SMILES string of the molecule is CCOC12C3[C@H]4C5CC([C@H]41)[C@@H]2[C@@H]53. The zero-order valence-electron chi connectivity index (χ0n) is 7.36. The van der Waals surface area contributed by atoms with E-state index in [1.165, 1.54) is 5.92 Å². The van der Waals surface area contributed by atoms with Gasteiger partial charge in [-0.15, -0.1) is 0 Å². The first kappa shape index (κ1) is 5.64. The molecule has 6 aliphatic carbocycles. The van der Waals surface area contributed by atoms with E-state index < -0.39 is 0 Å². The van der Waals surface area contributed by atoms with Crippen molar-refractivity contribution in [3.05, 3.63) is 0 Å². The van der Waals surface area contributed by atoms with Crippen LogP contribution in [0.3, 0.4) is 0 Å². The van der Waals surface area contributed by atoms with Gasteiger partial charge in [-0.05, 0) is 54.8 Å². The van der Waals surface area contributed by atoms with E-state index in [2.05, 4.69) is 6.92 Å². The molecule has 0 radical (unpaired) electrons. The van der Waals surface area contributed by atoms with Crippen LogP contribution in [0.1, 0.15) is 13.3 Å². The van der Waals surface area contributed by atoms with Gasteiger partial charge in [0.1, 0.15) is 0 Å². The van der Waals surface area contributed by atoms with Crippen LogP contribution in [0.25, 0.3) is 0 Å². The highest BCUT2D eigenvalue weighted by molar-refractivity contribution is 5.46. The van der Waals surface area contributed by atoms with Crippen LogP contribution < -0.4 is 0 Å². The first-order valence-corrected chi connectivity index (χ1v) is 5.55. The molecule has 0 aliphatic heterocycles. The predicted molar refractivity (Wildman–Crippen MR) is 43.4 cm³/mol. The van der Waals surface area contributed by atoms with Gasteiger partial charge in [0.05, 0.1) is 5.60 Å². The summed E-state index contributed by atoms with van der Waals surface area (Å²) >= 11 is 0. The average molecular weight is 162 g/mol. The maximum atomic E-state index is 6.02. The Balaban J connectivity index is 1.65. The normalized spacial score (nSPS) is 83.2. The molecular weight excluding hydrogens is 148 g/mol. The van der Waals surface area contributed by atoms with Gasteiger partial charge in [0.2, 0.25) is 0 Å². The number of hydrogen-bond donors (Lipinski definition) is 0. The summed E-state index contributed by atoms with van der Waals surface area (Å²) < 4.78 is 6.02. The van der Waals surface area contributed by atoms with Crippen LogP contribution in [0.5, 0.6) is 0 Å². The molecule has 4 unspecified atom stereocenters. The number of ether oxygens (including phenoxy) is 1. The van der Waals surface area contributed by atoms with Crippen molar-refractivity contribution in [2.75, 3.05) is 6.61 Å². The van der Waals surface area contributed by atoms with Crippen LogP contribution in [0.2, 0.25) is 0 Å². The fourth-order valence-electron chi connectivity index (χ4n) is 6.32. The van der Waals surface area contributed by atoms with E-state index in [4.69, 9.17) is 4.74 Å². The zero-order chi connectivity index (χ0) is 7.66. The summed E-state index contributed by atoms with van der Waals surface area (Å²) in [7, 11) is 0. The molecule has 0 aromatic carbocycles. The quantitative estimate of drug-likeness (QED) is 0.598. The molecule has 6 fully saturated rings. The lowest BCUT2D eigenvalue weighted by atomic mass is 9.17. The van der Waals surface area contributed by atoms with Crippen LogP contribution in [-0.4, -0.2) is 12.2 Å². The first-order chi connectivity index (χ1) is 5.91. The van der Waals surface area contributed by atoms with E-state index in [9.17, 15) is 0 Å². The van der Waals surface area contributed by atoms with Gasteiger partial charge < -0.3 is 4.74 Å². The Kier molecular flexibility index (Phi) is 0.569. The molecule has 0 heterocycles. The molecule has 0 spiro atoms. The minimum atomic E-state index is 0.502. The predicted octanol–water partition coefficient (Wildman–Crippen LogP) is 1.53. The van der Waals surface area contributed by atoms with Crippen molar-refractivity contribution in [2.24, 2.45) is 41.4 Å². The molecule has 6 aliphatic rings. The second-order valence-corrected chi connectivity index (χ2v) is 5.58. The van der Waals surface area contributed by atoms with Crippen LogP contribution in [0.4, 0.5) is 0 Å². The third-order valence-corrected chi connectivity index (χ3v) is 6.07. The largest absolute Gasteiger partial charge is 0.374 e. The molecule has 0 aromatic heterocycles. The second kappa shape index (κ2) is 1.21. The first-order valence-electron chi connectivity index (χ1n) is 5.55. The van der Waals surface area contributed by atoms with Crippen molar-refractivity contribution in [2.45, 2.75) is 18.9 Å².